The average molecular weight is 251 g/mol. The van der Waals surface area contributed by atoms with Gasteiger partial charge in [0, 0.05) is 24.2 Å². The smallest absolute Gasteiger partial charge is 0.129 e. The normalized spacial score (nSPS) is 27.1. The van der Waals surface area contributed by atoms with E-state index in [2.05, 4.69) is 18.7 Å². The van der Waals surface area contributed by atoms with E-state index >= 15 is 0 Å². The lowest BCUT2D eigenvalue weighted by Gasteiger charge is -2.40. The number of hydrogen-bond donors (Lipinski definition) is 1. The molecule has 1 aliphatic rings. The van der Waals surface area contributed by atoms with Gasteiger partial charge in [-0.3, -0.25) is 4.90 Å². The van der Waals surface area contributed by atoms with Crippen LogP contribution in [0.2, 0.25) is 0 Å². The molecule has 2 nitrogen and oxygen atoms in total. The van der Waals surface area contributed by atoms with Crippen LogP contribution in [0.4, 0.5) is 4.39 Å². The van der Waals surface area contributed by atoms with Crippen molar-refractivity contribution < 1.29 is 9.50 Å². The van der Waals surface area contributed by atoms with Crippen molar-refractivity contribution in [1.82, 2.24) is 4.90 Å². The highest BCUT2D eigenvalue weighted by atomic mass is 19.1. The van der Waals surface area contributed by atoms with Gasteiger partial charge in [0.1, 0.15) is 5.82 Å². The SMILES string of the molecule is C[C@@H]1CCC[C@H](C)N1CC(O)c1ccccc1F. The van der Waals surface area contributed by atoms with Gasteiger partial charge >= 0.3 is 0 Å². The summed E-state index contributed by atoms with van der Waals surface area (Å²) in [5.41, 5.74) is 0.405. The molecule has 3 atom stereocenters. The van der Waals surface area contributed by atoms with Crippen LogP contribution in [0, 0.1) is 5.82 Å². The maximum Gasteiger partial charge on any atom is 0.129 e. The summed E-state index contributed by atoms with van der Waals surface area (Å²) in [6.45, 7) is 4.89. The van der Waals surface area contributed by atoms with E-state index in [-0.39, 0.29) is 5.82 Å². The van der Waals surface area contributed by atoms with Gasteiger partial charge in [0.2, 0.25) is 0 Å². The molecular formula is C15H22FNO. The van der Waals surface area contributed by atoms with Crippen molar-refractivity contribution in [2.75, 3.05) is 6.54 Å². The van der Waals surface area contributed by atoms with Crippen molar-refractivity contribution in [1.29, 1.82) is 0 Å². The molecule has 1 aromatic rings. The van der Waals surface area contributed by atoms with E-state index in [1.807, 2.05) is 0 Å². The van der Waals surface area contributed by atoms with Crippen molar-refractivity contribution in [2.45, 2.75) is 51.3 Å². The number of benzene rings is 1. The molecule has 0 saturated carbocycles. The molecule has 1 fully saturated rings. The first-order chi connectivity index (χ1) is 8.59. The number of likely N-dealkylation sites (tertiary alicyclic amines) is 1. The molecule has 0 aromatic heterocycles. The second-order valence-electron chi connectivity index (χ2n) is 5.36. The fourth-order valence-corrected chi connectivity index (χ4v) is 2.88. The summed E-state index contributed by atoms with van der Waals surface area (Å²) in [4.78, 5) is 2.29. The minimum absolute atomic E-state index is 0.317. The number of hydrogen-bond acceptors (Lipinski definition) is 2. The zero-order valence-corrected chi connectivity index (χ0v) is 11.1. The maximum absolute atomic E-state index is 13.6. The summed E-state index contributed by atoms with van der Waals surface area (Å²) in [5.74, 6) is -0.317. The third-order valence-electron chi connectivity index (χ3n) is 4.02. The number of piperidine rings is 1. The van der Waals surface area contributed by atoms with E-state index in [1.54, 1.807) is 18.2 Å². The Labute approximate surface area is 108 Å². The maximum atomic E-state index is 13.6. The van der Waals surface area contributed by atoms with Crippen molar-refractivity contribution >= 4 is 0 Å². The summed E-state index contributed by atoms with van der Waals surface area (Å²) < 4.78 is 13.6. The zero-order valence-electron chi connectivity index (χ0n) is 11.1. The zero-order chi connectivity index (χ0) is 13.1. The van der Waals surface area contributed by atoms with Gasteiger partial charge in [-0.15, -0.1) is 0 Å². The lowest BCUT2D eigenvalue weighted by atomic mass is 9.96. The van der Waals surface area contributed by atoms with E-state index in [0.29, 0.717) is 24.2 Å². The van der Waals surface area contributed by atoms with Crippen molar-refractivity contribution in [3.05, 3.63) is 35.6 Å². The van der Waals surface area contributed by atoms with Crippen molar-refractivity contribution in [3.8, 4) is 0 Å². The Kier molecular flexibility index (Phi) is 4.36. The van der Waals surface area contributed by atoms with Crippen LogP contribution in [0.5, 0.6) is 0 Å². The number of aliphatic hydroxyl groups excluding tert-OH is 1. The van der Waals surface area contributed by atoms with E-state index in [0.717, 1.165) is 12.8 Å². The van der Waals surface area contributed by atoms with E-state index in [1.165, 1.54) is 12.5 Å². The molecule has 100 valence electrons. The van der Waals surface area contributed by atoms with Crippen molar-refractivity contribution in [2.24, 2.45) is 0 Å². The molecule has 0 bridgehead atoms. The molecule has 0 aliphatic carbocycles. The van der Waals surface area contributed by atoms with Crippen LogP contribution in [0.3, 0.4) is 0 Å². The van der Waals surface area contributed by atoms with Gasteiger partial charge in [0.25, 0.3) is 0 Å². The van der Waals surface area contributed by atoms with Crippen LogP contribution in [-0.2, 0) is 0 Å². The van der Waals surface area contributed by atoms with Crippen LogP contribution < -0.4 is 0 Å². The van der Waals surface area contributed by atoms with Gasteiger partial charge in [-0.05, 0) is 32.8 Å². The van der Waals surface area contributed by atoms with Crippen molar-refractivity contribution in [3.63, 3.8) is 0 Å². The topological polar surface area (TPSA) is 23.5 Å². The fourth-order valence-electron chi connectivity index (χ4n) is 2.88. The molecule has 1 aromatic carbocycles. The lowest BCUT2D eigenvalue weighted by molar-refractivity contribution is 0.0398. The minimum Gasteiger partial charge on any atom is -0.387 e. The predicted molar refractivity (Wildman–Crippen MR) is 70.8 cm³/mol. The molecule has 1 N–H and O–H groups in total. The van der Waals surface area contributed by atoms with E-state index in [9.17, 15) is 9.50 Å². The molecule has 0 spiro atoms. The van der Waals surface area contributed by atoms with Crippen LogP contribution in [0.1, 0.15) is 44.8 Å². The monoisotopic (exact) mass is 251 g/mol. The third-order valence-corrected chi connectivity index (χ3v) is 4.02. The van der Waals surface area contributed by atoms with Gasteiger partial charge < -0.3 is 5.11 Å². The van der Waals surface area contributed by atoms with E-state index < -0.39 is 6.10 Å². The Morgan fingerprint density at radius 2 is 1.89 bits per heavy atom. The van der Waals surface area contributed by atoms with Gasteiger partial charge in [-0.1, -0.05) is 24.6 Å². The highest BCUT2D eigenvalue weighted by Crippen LogP contribution is 2.26. The average Bonchev–Trinajstić information content (AvgIpc) is 2.34. The molecule has 0 amide bonds. The molecular weight excluding hydrogens is 229 g/mol. The number of rotatable bonds is 3. The number of halogens is 1. The Morgan fingerprint density at radius 1 is 1.28 bits per heavy atom. The molecule has 1 saturated heterocycles. The van der Waals surface area contributed by atoms with Crippen LogP contribution in [0.25, 0.3) is 0 Å². The van der Waals surface area contributed by atoms with Crippen LogP contribution in [0.15, 0.2) is 24.3 Å². The highest BCUT2D eigenvalue weighted by Gasteiger charge is 2.27. The number of nitrogens with zero attached hydrogens (tertiary/aromatic N) is 1. The Morgan fingerprint density at radius 3 is 2.50 bits per heavy atom. The molecule has 18 heavy (non-hydrogen) atoms. The first kappa shape index (κ1) is 13.5. The predicted octanol–water partition coefficient (Wildman–Crippen LogP) is 3.12. The molecule has 1 heterocycles. The standard InChI is InChI=1S/C15H22FNO/c1-11-6-5-7-12(2)17(11)10-15(18)13-8-3-4-9-14(13)16/h3-4,8-9,11-12,15,18H,5-7,10H2,1-2H3/t11-,12+,15?. The van der Waals surface area contributed by atoms with Gasteiger partial charge in [-0.25, -0.2) is 4.39 Å². The lowest BCUT2D eigenvalue weighted by Crippen LogP contribution is -2.45. The quantitative estimate of drug-likeness (QED) is 0.892. The second kappa shape index (κ2) is 5.81. The summed E-state index contributed by atoms with van der Waals surface area (Å²) in [7, 11) is 0. The Balaban J connectivity index is 2.06. The first-order valence-corrected chi connectivity index (χ1v) is 6.78. The third kappa shape index (κ3) is 2.90. The number of β-amino-alcohol motifs (C(OH)–C–C–N with tert-alkyl or cyclic N) is 1. The molecule has 0 radical (unpaired) electrons. The minimum atomic E-state index is -0.741. The largest absolute Gasteiger partial charge is 0.387 e. The van der Waals surface area contributed by atoms with Gasteiger partial charge in [0.15, 0.2) is 0 Å². The summed E-state index contributed by atoms with van der Waals surface area (Å²) in [6.07, 6.45) is 2.83. The molecule has 3 heteroatoms. The Hall–Kier alpha value is -0.930. The highest BCUT2D eigenvalue weighted by molar-refractivity contribution is 5.20. The first-order valence-electron chi connectivity index (χ1n) is 6.78. The van der Waals surface area contributed by atoms with Crippen LogP contribution in [-0.4, -0.2) is 28.6 Å². The van der Waals surface area contributed by atoms with E-state index in [4.69, 9.17) is 0 Å². The fraction of sp³-hybridized carbons (Fsp3) is 0.600. The van der Waals surface area contributed by atoms with Gasteiger partial charge in [0.05, 0.1) is 6.10 Å². The van der Waals surface area contributed by atoms with Crippen LogP contribution >= 0.6 is 0 Å². The van der Waals surface area contributed by atoms with Gasteiger partial charge in [-0.2, -0.15) is 0 Å². The summed E-state index contributed by atoms with van der Waals surface area (Å²) >= 11 is 0. The molecule has 1 unspecified atom stereocenters. The number of aliphatic hydroxyl groups is 1. The second-order valence-corrected chi connectivity index (χ2v) is 5.36. The Bertz CT molecular complexity index is 386. The molecule has 1 aliphatic heterocycles. The summed E-state index contributed by atoms with van der Waals surface area (Å²) in [5, 5.41) is 10.2. The summed E-state index contributed by atoms with van der Waals surface area (Å²) in [6, 6.07) is 7.42. The molecule has 2 rings (SSSR count).